The van der Waals surface area contributed by atoms with E-state index in [4.69, 9.17) is 21.7 Å². The molecule has 2 aromatic rings. The maximum atomic E-state index is 12.0. The van der Waals surface area contributed by atoms with Gasteiger partial charge in [0.2, 0.25) is 5.91 Å². The minimum atomic E-state index is -0.404. The highest BCUT2D eigenvalue weighted by molar-refractivity contribution is 7.80. The first-order chi connectivity index (χ1) is 14.6. The highest BCUT2D eigenvalue weighted by Gasteiger charge is 2.10. The number of amides is 1. The number of esters is 1. The molecule has 0 saturated heterocycles. The molecule has 0 saturated carbocycles. The van der Waals surface area contributed by atoms with Gasteiger partial charge in [-0.3, -0.25) is 9.59 Å². The van der Waals surface area contributed by atoms with Crippen molar-refractivity contribution < 1.29 is 19.1 Å². The molecular formula is C23H28N2O4S. The third-order valence-electron chi connectivity index (χ3n) is 4.18. The molecule has 0 bridgehead atoms. The van der Waals surface area contributed by atoms with E-state index in [1.807, 2.05) is 54.6 Å². The smallest absolute Gasteiger partial charge is 0.306 e. The first-order valence-corrected chi connectivity index (χ1v) is 10.5. The van der Waals surface area contributed by atoms with Crippen molar-refractivity contribution in [2.45, 2.75) is 39.0 Å². The molecule has 2 rings (SSSR count). The van der Waals surface area contributed by atoms with Crippen molar-refractivity contribution in [2.75, 3.05) is 18.5 Å². The van der Waals surface area contributed by atoms with Crippen molar-refractivity contribution in [2.24, 2.45) is 0 Å². The second-order valence-electron chi connectivity index (χ2n) is 6.68. The lowest BCUT2D eigenvalue weighted by Gasteiger charge is -2.11. The van der Waals surface area contributed by atoms with Crippen LogP contribution in [0.15, 0.2) is 54.6 Å². The van der Waals surface area contributed by atoms with Crippen LogP contribution < -0.4 is 15.4 Å². The van der Waals surface area contributed by atoms with Gasteiger partial charge in [0, 0.05) is 18.5 Å². The lowest BCUT2D eigenvalue weighted by atomic mass is 10.2. The molecule has 0 aliphatic heterocycles. The van der Waals surface area contributed by atoms with Gasteiger partial charge in [-0.15, -0.1) is 0 Å². The average molecular weight is 429 g/mol. The lowest BCUT2D eigenvalue weighted by molar-refractivity contribution is -0.144. The maximum Gasteiger partial charge on any atom is 0.306 e. The molecule has 0 aliphatic rings. The summed E-state index contributed by atoms with van der Waals surface area (Å²) >= 11 is 5.14. The number of carbonyl (C=O) groups excluding carboxylic acids is 2. The summed E-state index contributed by atoms with van der Waals surface area (Å²) in [4.78, 5) is 23.8. The Labute approximate surface area is 183 Å². The first kappa shape index (κ1) is 23.3. The minimum Gasteiger partial charge on any atom is -0.494 e. The number of benzene rings is 2. The van der Waals surface area contributed by atoms with Crippen molar-refractivity contribution in [1.82, 2.24) is 5.32 Å². The largest absolute Gasteiger partial charge is 0.494 e. The number of hydrogen-bond acceptors (Lipinski definition) is 5. The lowest BCUT2D eigenvalue weighted by Crippen LogP contribution is -2.34. The number of anilines is 1. The molecule has 0 radical (unpaired) electrons. The molecule has 2 aromatic carbocycles. The number of rotatable bonds is 11. The Balaban J connectivity index is 1.61. The Bertz CT molecular complexity index is 810. The third kappa shape index (κ3) is 9.52. The van der Waals surface area contributed by atoms with Crippen molar-refractivity contribution in [1.29, 1.82) is 0 Å². The summed E-state index contributed by atoms with van der Waals surface area (Å²) in [6.07, 6.45) is 2.76. The van der Waals surface area contributed by atoms with Gasteiger partial charge in [0.05, 0.1) is 19.6 Å². The highest BCUT2D eigenvalue weighted by atomic mass is 32.1. The molecule has 0 fully saturated rings. The molecular weight excluding hydrogens is 400 g/mol. The SMILES string of the molecule is CCCCOc1ccc(NC(=S)NC(=O)CCC(=O)OCCc2ccccc2)cc1. The van der Waals surface area contributed by atoms with Gasteiger partial charge in [0.15, 0.2) is 5.11 Å². The van der Waals surface area contributed by atoms with Crippen LogP contribution in [0.5, 0.6) is 5.75 Å². The van der Waals surface area contributed by atoms with Gasteiger partial charge >= 0.3 is 5.97 Å². The van der Waals surface area contributed by atoms with Crippen LogP contribution in [0, 0.1) is 0 Å². The van der Waals surface area contributed by atoms with Crippen LogP contribution in [0.25, 0.3) is 0 Å². The average Bonchev–Trinajstić information content (AvgIpc) is 2.74. The molecule has 0 aromatic heterocycles. The topological polar surface area (TPSA) is 76.7 Å². The van der Waals surface area contributed by atoms with Crippen LogP contribution in [0.3, 0.4) is 0 Å². The van der Waals surface area contributed by atoms with E-state index >= 15 is 0 Å². The van der Waals surface area contributed by atoms with Crippen molar-refractivity contribution in [3.05, 3.63) is 60.2 Å². The van der Waals surface area contributed by atoms with E-state index in [0.29, 0.717) is 19.6 Å². The summed E-state index contributed by atoms with van der Waals surface area (Å²) in [6, 6.07) is 17.1. The van der Waals surface area contributed by atoms with Crippen LogP contribution >= 0.6 is 12.2 Å². The second-order valence-corrected chi connectivity index (χ2v) is 7.09. The Morgan fingerprint density at radius 3 is 2.40 bits per heavy atom. The predicted octanol–water partition coefficient (Wildman–Crippen LogP) is 4.24. The summed E-state index contributed by atoms with van der Waals surface area (Å²) in [5.41, 5.74) is 1.84. The van der Waals surface area contributed by atoms with Crippen molar-refractivity contribution in [3.63, 3.8) is 0 Å². The van der Waals surface area contributed by atoms with Gasteiger partial charge in [-0.2, -0.15) is 0 Å². The predicted molar refractivity (Wildman–Crippen MR) is 122 cm³/mol. The number of hydrogen-bond donors (Lipinski definition) is 2. The molecule has 0 spiro atoms. The normalized spacial score (nSPS) is 10.2. The summed E-state index contributed by atoms with van der Waals surface area (Å²) in [6.45, 7) is 3.09. The van der Waals surface area contributed by atoms with Crippen molar-refractivity contribution >= 4 is 34.9 Å². The number of nitrogens with one attached hydrogen (secondary N) is 2. The quantitative estimate of drug-likeness (QED) is 0.317. The summed E-state index contributed by atoms with van der Waals surface area (Å²) in [5, 5.41) is 5.68. The van der Waals surface area contributed by atoms with Gasteiger partial charge in [-0.25, -0.2) is 0 Å². The van der Waals surface area contributed by atoms with E-state index in [0.717, 1.165) is 29.8 Å². The van der Waals surface area contributed by atoms with Crippen LogP contribution in [0.2, 0.25) is 0 Å². The number of carbonyl (C=O) groups is 2. The number of thiocarbonyl (C=S) groups is 1. The maximum absolute atomic E-state index is 12.0. The van der Waals surface area contributed by atoms with Crippen LogP contribution in [0.4, 0.5) is 5.69 Å². The summed E-state index contributed by atoms with van der Waals surface area (Å²) < 4.78 is 10.8. The molecule has 6 nitrogen and oxygen atoms in total. The molecule has 2 N–H and O–H groups in total. The molecule has 0 heterocycles. The highest BCUT2D eigenvalue weighted by Crippen LogP contribution is 2.16. The molecule has 1 amide bonds. The van der Waals surface area contributed by atoms with Gasteiger partial charge in [-0.1, -0.05) is 43.7 Å². The van der Waals surface area contributed by atoms with Gasteiger partial charge in [0.1, 0.15) is 5.75 Å². The molecule has 30 heavy (non-hydrogen) atoms. The van der Waals surface area contributed by atoms with E-state index in [2.05, 4.69) is 17.6 Å². The molecule has 0 atom stereocenters. The zero-order valence-electron chi connectivity index (χ0n) is 17.2. The van der Waals surface area contributed by atoms with Crippen LogP contribution in [-0.2, 0) is 20.7 Å². The Morgan fingerprint density at radius 1 is 0.967 bits per heavy atom. The van der Waals surface area contributed by atoms with Gasteiger partial charge in [0.25, 0.3) is 0 Å². The Morgan fingerprint density at radius 2 is 1.70 bits per heavy atom. The van der Waals surface area contributed by atoms with Crippen LogP contribution in [-0.4, -0.2) is 30.2 Å². The van der Waals surface area contributed by atoms with E-state index in [1.54, 1.807) is 0 Å². The zero-order valence-corrected chi connectivity index (χ0v) is 18.0. The van der Waals surface area contributed by atoms with Crippen molar-refractivity contribution in [3.8, 4) is 5.75 Å². The molecule has 160 valence electrons. The fourth-order valence-corrected chi connectivity index (χ4v) is 2.77. The number of unbranched alkanes of at least 4 members (excludes halogenated alkanes) is 1. The standard InChI is InChI=1S/C23H28N2O4S/c1-2-3-16-28-20-11-9-19(10-12-20)24-23(30)25-21(26)13-14-22(27)29-17-15-18-7-5-4-6-8-18/h4-12H,2-3,13-17H2,1H3,(H2,24,25,26,30). The van der Waals surface area contributed by atoms with Gasteiger partial charge < -0.3 is 20.1 Å². The first-order valence-electron chi connectivity index (χ1n) is 10.1. The zero-order chi connectivity index (χ0) is 21.6. The fourth-order valence-electron chi connectivity index (χ4n) is 2.54. The Kier molecular flexibility index (Phi) is 10.4. The summed E-state index contributed by atoms with van der Waals surface area (Å²) in [5.74, 6) is 0.0420. The molecule has 0 unspecified atom stereocenters. The van der Waals surface area contributed by atoms with Crippen LogP contribution in [0.1, 0.15) is 38.2 Å². The molecule has 0 aliphatic carbocycles. The van der Waals surface area contributed by atoms with Gasteiger partial charge in [-0.05, 0) is 48.5 Å². The monoisotopic (exact) mass is 428 g/mol. The van der Waals surface area contributed by atoms with E-state index in [1.165, 1.54) is 0 Å². The third-order valence-corrected chi connectivity index (χ3v) is 4.39. The second kappa shape index (κ2) is 13.3. The molecule has 7 heteroatoms. The summed E-state index contributed by atoms with van der Waals surface area (Å²) in [7, 11) is 0. The minimum absolute atomic E-state index is 0.00698. The number of ether oxygens (including phenoxy) is 2. The van der Waals surface area contributed by atoms with E-state index in [-0.39, 0.29) is 23.9 Å². The van der Waals surface area contributed by atoms with E-state index < -0.39 is 5.97 Å². The fraction of sp³-hybridized carbons (Fsp3) is 0.348. The van der Waals surface area contributed by atoms with E-state index in [9.17, 15) is 9.59 Å². The Hall–Kier alpha value is -2.93.